The zero-order valence-corrected chi connectivity index (χ0v) is 26.4. The van der Waals surface area contributed by atoms with E-state index in [1.807, 2.05) is 40.7 Å². The third-order valence-electron chi connectivity index (χ3n) is 7.18. The molecule has 0 spiro atoms. The molecule has 0 fully saturated rings. The molecule has 0 aromatic heterocycles. The van der Waals surface area contributed by atoms with Crippen LogP contribution in [0.2, 0.25) is 10.0 Å². The number of hydrogen-bond donors (Lipinski definition) is 1. The molecule has 0 saturated carbocycles. The van der Waals surface area contributed by atoms with E-state index in [0.29, 0.717) is 27.7 Å². The molecule has 2 atom stereocenters. The van der Waals surface area contributed by atoms with Crippen LogP contribution in [0.15, 0.2) is 71.6 Å². The molecule has 0 aliphatic carbocycles. The Labute approximate surface area is 253 Å². The summed E-state index contributed by atoms with van der Waals surface area (Å²) in [5.41, 5.74) is 2.67. The van der Waals surface area contributed by atoms with Gasteiger partial charge in [-0.2, -0.15) is 0 Å². The highest BCUT2D eigenvalue weighted by atomic mass is 35.5. The van der Waals surface area contributed by atoms with E-state index in [2.05, 4.69) is 5.32 Å². The van der Waals surface area contributed by atoms with Crippen molar-refractivity contribution in [2.75, 3.05) is 10.8 Å². The highest BCUT2D eigenvalue weighted by molar-refractivity contribution is 7.92. The molecule has 3 aromatic rings. The lowest BCUT2D eigenvalue weighted by atomic mass is 10.1. The maximum atomic E-state index is 14.2. The lowest BCUT2D eigenvalue weighted by Crippen LogP contribution is -2.53. The second-order valence-electron chi connectivity index (χ2n) is 10.1. The van der Waals surface area contributed by atoms with Gasteiger partial charge < -0.3 is 10.2 Å². The molecule has 0 heterocycles. The average molecular weight is 619 g/mol. The lowest BCUT2D eigenvalue weighted by molar-refractivity contribution is -0.140. The predicted molar refractivity (Wildman–Crippen MR) is 166 cm³/mol. The number of aryl methyl sites for hydroxylation is 1. The van der Waals surface area contributed by atoms with E-state index in [9.17, 15) is 18.0 Å². The van der Waals surface area contributed by atoms with E-state index < -0.39 is 28.5 Å². The van der Waals surface area contributed by atoms with E-state index in [1.165, 1.54) is 17.0 Å². The second kappa shape index (κ2) is 14.2. The van der Waals surface area contributed by atoms with E-state index in [0.717, 1.165) is 21.9 Å². The van der Waals surface area contributed by atoms with Gasteiger partial charge in [0.05, 0.1) is 20.6 Å². The van der Waals surface area contributed by atoms with Gasteiger partial charge in [-0.1, -0.05) is 73.4 Å². The predicted octanol–water partition coefficient (Wildman–Crippen LogP) is 6.53. The van der Waals surface area contributed by atoms with Crippen molar-refractivity contribution in [2.45, 2.75) is 71.0 Å². The number of sulfonamides is 1. The Morgan fingerprint density at radius 2 is 1.59 bits per heavy atom. The number of amides is 2. The molecule has 0 radical (unpaired) electrons. The van der Waals surface area contributed by atoms with Crippen LogP contribution in [0.25, 0.3) is 0 Å². The van der Waals surface area contributed by atoms with Crippen LogP contribution >= 0.6 is 23.2 Å². The fourth-order valence-corrected chi connectivity index (χ4v) is 6.25. The summed E-state index contributed by atoms with van der Waals surface area (Å²) in [4.78, 5) is 29.1. The smallest absolute Gasteiger partial charge is 0.264 e. The Kier molecular flexibility index (Phi) is 11.2. The first kappa shape index (κ1) is 32.4. The molecule has 1 N–H and O–H groups in total. The molecule has 0 unspecified atom stereocenters. The minimum absolute atomic E-state index is 0.0359. The van der Waals surface area contributed by atoms with Crippen LogP contribution in [0, 0.1) is 13.8 Å². The van der Waals surface area contributed by atoms with E-state index >= 15 is 0 Å². The maximum Gasteiger partial charge on any atom is 0.264 e. The first-order chi connectivity index (χ1) is 19.4. The van der Waals surface area contributed by atoms with Gasteiger partial charge in [0.2, 0.25) is 11.8 Å². The Morgan fingerprint density at radius 1 is 0.902 bits per heavy atom. The summed E-state index contributed by atoms with van der Waals surface area (Å²) in [6.07, 6.45) is 1.04. The maximum absolute atomic E-state index is 14.2. The van der Waals surface area contributed by atoms with Gasteiger partial charge in [-0.25, -0.2) is 8.42 Å². The molecule has 0 aliphatic rings. The van der Waals surface area contributed by atoms with Crippen molar-refractivity contribution in [3.63, 3.8) is 0 Å². The number of hydrogen-bond acceptors (Lipinski definition) is 4. The van der Waals surface area contributed by atoms with Gasteiger partial charge >= 0.3 is 0 Å². The molecule has 0 aliphatic heterocycles. The van der Waals surface area contributed by atoms with Gasteiger partial charge in [-0.05, 0) is 80.6 Å². The second-order valence-corrected chi connectivity index (χ2v) is 12.7. The molecular formula is C31H37Cl2N3O4S. The number of anilines is 1. The zero-order valence-electron chi connectivity index (χ0n) is 24.0. The molecule has 3 rings (SSSR count). The quantitative estimate of drug-likeness (QED) is 0.250. The minimum atomic E-state index is -4.14. The number of carbonyl (C=O) groups excluding carboxylic acids is 2. The molecule has 220 valence electrons. The van der Waals surface area contributed by atoms with Gasteiger partial charge in [0.25, 0.3) is 10.0 Å². The zero-order chi connectivity index (χ0) is 30.3. The van der Waals surface area contributed by atoms with Crippen molar-refractivity contribution in [3.8, 4) is 0 Å². The first-order valence-electron chi connectivity index (χ1n) is 13.6. The summed E-state index contributed by atoms with van der Waals surface area (Å²) in [6, 6.07) is 17.4. The average Bonchev–Trinajstić information content (AvgIpc) is 2.95. The first-order valence-corrected chi connectivity index (χ1v) is 15.8. The standard InChI is InChI=1S/C31H37Cl2N3O4S/c1-6-22(4)34-31(38)28(7-2)35(19-24-16-17-26(32)27(33)18-24)30(37)20-36(29-15-11-12-21(3)23(29)5)41(39,40)25-13-9-8-10-14-25/h8-18,22,28H,6-7,19-20H2,1-5H3,(H,34,38)/t22-,28-/m0/s1. The molecule has 7 nitrogen and oxygen atoms in total. The van der Waals surface area contributed by atoms with Gasteiger partial charge in [-0.3, -0.25) is 13.9 Å². The summed E-state index contributed by atoms with van der Waals surface area (Å²) in [6.45, 7) is 8.91. The third kappa shape index (κ3) is 7.82. The number of nitrogens with one attached hydrogen (secondary N) is 1. The normalized spacial score (nSPS) is 12.9. The van der Waals surface area contributed by atoms with Crippen molar-refractivity contribution in [1.29, 1.82) is 0 Å². The highest BCUT2D eigenvalue weighted by Gasteiger charge is 2.34. The van der Waals surface area contributed by atoms with E-state index in [4.69, 9.17) is 23.2 Å². The van der Waals surface area contributed by atoms with Gasteiger partial charge in [0.15, 0.2) is 0 Å². The van der Waals surface area contributed by atoms with Gasteiger partial charge in [0, 0.05) is 12.6 Å². The Morgan fingerprint density at radius 3 is 2.20 bits per heavy atom. The molecule has 0 saturated heterocycles. The van der Waals surface area contributed by atoms with Crippen LogP contribution in [0.4, 0.5) is 5.69 Å². The molecule has 2 amide bonds. The van der Waals surface area contributed by atoms with Crippen LogP contribution in [-0.2, 0) is 26.2 Å². The van der Waals surface area contributed by atoms with Crippen molar-refractivity contribution in [1.82, 2.24) is 10.2 Å². The SMILES string of the molecule is CC[C@H](C)NC(=O)[C@H](CC)N(Cc1ccc(Cl)c(Cl)c1)C(=O)CN(c1cccc(C)c1C)S(=O)(=O)c1ccccc1. The minimum Gasteiger partial charge on any atom is -0.352 e. The topological polar surface area (TPSA) is 86.8 Å². The molecule has 10 heteroatoms. The number of rotatable bonds is 12. The van der Waals surface area contributed by atoms with E-state index in [1.54, 1.807) is 48.5 Å². The summed E-state index contributed by atoms with van der Waals surface area (Å²) in [5, 5.41) is 3.65. The number of benzene rings is 3. The molecule has 41 heavy (non-hydrogen) atoms. The number of carbonyl (C=O) groups is 2. The molecule has 3 aromatic carbocycles. The van der Waals surface area contributed by atoms with Crippen LogP contribution in [0.3, 0.4) is 0 Å². The summed E-state index contributed by atoms with van der Waals surface area (Å²) in [5.74, 6) is -0.831. The molecular weight excluding hydrogens is 581 g/mol. The van der Waals surface area contributed by atoms with Crippen LogP contribution in [-0.4, -0.2) is 43.8 Å². The number of halogens is 2. The van der Waals surface area contributed by atoms with E-state index in [-0.39, 0.29) is 23.4 Å². The van der Waals surface area contributed by atoms with Crippen LogP contribution in [0.5, 0.6) is 0 Å². The van der Waals surface area contributed by atoms with Crippen molar-refractivity contribution < 1.29 is 18.0 Å². The van der Waals surface area contributed by atoms with Gasteiger partial charge in [0.1, 0.15) is 12.6 Å². The summed E-state index contributed by atoms with van der Waals surface area (Å²) in [7, 11) is -4.14. The fourth-order valence-electron chi connectivity index (χ4n) is 4.43. The van der Waals surface area contributed by atoms with Gasteiger partial charge in [-0.15, -0.1) is 0 Å². The third-order valence-corrected chi connectivity index (χ3v) is 9.69. The lowest BCUT2D eigenvalue weighted by Gasteiger charge is -2.34. The highest BCUT2D eigenvalue weighted by Crippen LogP contribution is 2.30. The van der Waals surface area contributed by atoms with Crippen molar-refractivity contribution in [3.05, 3.63) is 93.5 Å². The fraction of sp³-hybridized carbons (Fsp3) is 0.355. The monoisotopic (exact) mass is 617 g/mol. The van der Waals surface area contributed by atoms with Crippen LogP contribution < -0.4 is 9.62 Å². The number of nitrogens with zero attached hydrogens (tertiary/aromatic N) is 2. The molecule has 0 bridgehead atoms. The Balaban J connectivity index is 2.11. The van der Waals surface area contributed by atoms with Crippen LogP contribution in [0.1, 0.15) is 50.3 Å². The van der Waals surface area contributed by atoms with Crippen molar-refractivity contribution >= 4 is 50.7 Å². The summed E-state index contributed by atoms with van der Waals surface area (Å²) >= 11 is 12.4. The Bertz CT molecular complexity index is 1480. The Hall–Kier alpha value is -3.07. The van der Waals surface area contributed by atoms with Crippen molar-refractivity contribution in [2.24, 2.45) is 0 Å². The largest absolute Gasteiger partial charge is 0.352 e. The summed E-state index contributed by atoms with van der Waals surface area (Å²) < 4.78 is 29.1.